The number of hydrogen-bond acceptors (Lipinski definition) is 1. The van der Waals surface area contributed by atoms with E-state index < -0.39 is 0 Å². The third-order valence-electron chi connectivity index (χ3n) is 3.01. The predicted octanol–water partition coefficient (Wildman–Crippen LogP) is 4.96. The lowest BCUT2D eigenvalue weighted by Crippen LogP contribution is -2.22. The van der Waals surface area contributed by atoms with Crippen LogP contribution in [0.5, 0.6) is 0 Å². The van der Waals surface area contributed by atoms with E-state index in [1.165, 1.54) is 37.7 Å². The van der Waals surface area contributed by atoms with Crippen LogP contribution in [0.3, 0.4) is 0 Å². The van der Waals surface area contributed by atoms with Crippen molar-refractivity contribution in [1.82, 2.24) is 5.32 Å². The normalized spacial score (nSPS) is 12.6. The van der Waals surface area contributed by atoms with Gasteiger partial charge in [-0.15, -0.1) is 0 Å². The average Bonchev–Trinajstić information content (AvgIpc) is 2.35. The highest BCUT2D eigenvalue weighted by Gasteiger charge is 2.09. The van der Waals surface area contributed by atoms with Crippen molar-refractivity contribution in [3.8, 4) is 0 Å². The molecule has 2 heteroatoms. The van der Waals surface area contributed by atoms with E-state index in [1.807, 2.05) is 12.1 Å². The minimum atomic E-state index is 0.485. The van der Waals surface area contributed by atoms with Crippen molar-refractivity contribution in [3.05, 3.63) is 34.9 Å². The van der Waals surface area contributed by atoms with E-state index in [2.05, 4.69) is 31.3 Å². The minimum absolute atomic E-state index is 0.485. The standard InChI is InChI=1S/C15H24ClN/c1-3-5-6-7-15(17-12-4-2)13-8-10-14(16)11-9-13/h8-11,15,17H,3-7,12H2,1-2H3. The fourth-order valence-corrected chi connectivity index (χ4v) is 2.12. The molecule has 0 amide bonds. The second kappa shape index (κ2) is 8.54. The number of hydrogen-bond donors (Lipinski definition) is 1. The van der Waals surface area contributed by atoms with Crippen molar-refractivity contribution in [2.24, 2.45) is 0 Å². The molecule has 0 aliphatic carbocycles. The van der Waals surface area contributed by atoms with Crippen molar-refractivity contribution in [1.29, 1.82) is 0 Å². The third-order valence-corrected chi connectivity index (χ3v) is 3.26. The van der Waals surface area contributed by atoms with Gasteiger partial charge in [0.25, 0.3) is 0 Å². The molecule has 0 aliphatic rings. The lowest BCUT2D eigenvalue weighted by atomic mass is 10.0. The van der Waals surface area contributed by atoms with Crippen molar-refractivity contribution >= 4 is 11.6 Å². The van der Waals surface area contributed by atoms with Crippen LogP contribution in [0, 0.1) is 0 Å². The maximum absolute atomic E-state index is 5.93. The van der Waals surface area contributed by atoms with Crippen LogP contribution in [0.15, 0.2) is 24.3 Å². The van der Waals surface area contributed by atoms with E-state index in [4.69, 9.17) is 11.6 Å². The van der Waals surface area contributed by atoms with E-state index in [0.717, 1.165) is 11.6 Å². The molecule has 0 aliphatic heterocycles. The molecule has 0 radical (unpaired) electrons. The molecule has 1 aromatic carbocycles. The summed E-state index contributed by atoms with van der Waals surface area (Å²) in [4.78, 5) is 0. The highest BCUT2D eigenvalue weighted by atomic mass is 35.5. The zero-order valence-electron chi connectivity index (χ0n) is 11.0. The Morgan fingerprint density at radius 3 is 2.35 bits per heavy atom. The quantitative estimate of drug-likeness (QED) is 0.646. The Balaban J connectivity index is 2.57. The Kier molecular flexibility index (Phi) is 7.30. The molecule has 1 unspecified atom stereocenters. The summed E-state index contributed by atoms with van der Waals surface area (Å²) in [7, 11) is 0. The Hall–Kier alpha value is -0.530. The molecule has 96 valence electrons. The predicted molar refractivity (Wildman–Crippen MR) is 76.6 cm³/mol. The second-order valence-electron chi connectivity index (χ2n) is 4.55. The van der Waals surface area contributed by atoms with Gasteiger partial charge in [0.1, 0.15) is 0 Å². The number of nitrogens with one attached hydrogen (secondary N) is 1. The van der Waals surface area contributed by atoms with Gasteiger partial charge in [0.2, 0.25) is 0 Å². The summed E-state index contributed by atoms with van der Waals surface area (Å²) in [6.07, 6.45) is 6.28. The molecule has 1 rings (SSSR count). The van der Waals surface area contributed by atoms with Crippen LogP contribution in [0.25, 0.3) is 0 Å². The molecule has 1 aromatic rings. The molecule has 1 nitrogen and oxygen atoms in total. The maximum atomic E-state index is 5.93. The number of rotatable bonds is 8. The van der Waals surface area contributed by atoms with Gasteiger partial charge in [0.15, 0.2) is 0 Å². The number of benzene rings is 1. The third kappa shape index (κ3) is 5.56. The molecule has 0 fully saturated rings. The Bertz CT molecular complexity index is 294. The lowest BCUT2D eigenvalue weighted by molar-refractivity contribution is 0.474. The van der Waals surface area contributed by atoms with Gasteiger partial charge in [-0.05, 0) is 37.1 Å². The first-order chi connectivity index (χ1) is 8.27. The summed E-state index contributed by atoms with van der Waals surface area (Å²) in [5.74, 6) is 0. The second-order valence-corrected chi connectivity index (χ2v) is 4.99. The van der Waals surface area contributed by atoms with Crippen LogP contribution in [0.1, 0.15) is 57.6 Å². The number of halogens is 1. The van der Waals surface area contributed by atoms with Gasteiger partial charge >= 0.3 is 0 Å². The molecule has 17 heavy (non-hydrogen) atoms. The molecule has 0 saturated heterocycles. The fourth-order valence-electron chi connectivity index (χ4n) is 2.00. The first kappa shape index (κ1) is 14.5. The van der Waals surface area contributed by atoms with Crippen LogP contribution in [0.2, 0.25) is 5.02 Å². The monoisotopic (exact) mass is 253 g/mol. The summed E-state index contributed by atoms with van der Waals surface area (Å²) in [6.45, 7) is 5.54. The first-order valence-electron chi connectivity index (χ1n) is 6.76. The molecule has 0 saturated carbocycles. The van der Waals surface area contributed by atoms with Crippen molar-refractivity contribution < 1.29 is 0 Å². The molecule has 0 aromatic heterocycles. The van der Waals surface area contributed by atoms with Gasteiger partial charge in [-0.25, -0.2) is 0 Å². The summed E-state index contributed by atoms with van der Waals surface area (Å²) < 4.78 is 0. The smallest absolute Gasteiger partial charge is 0.0406 e. The van der Waals surface area contributed by atoms with Crippen LogP contribution in [-0.4, -0.2) is 6.54 Å². The highest BCUT2D eigenvalue weighted by Crippen LogP contribution is 2.21. The Morgan fingerprint density at radius 1 is 1.06 bits per heavy atom. The molecule has 1 N–H and O–H groups in total. The van der Waals surface area contributed by atoms with Gasteiger partial charge in [-0.1, -0.05) is 56.8 Å². The van der Waals surface area contributed by atoms with Crippen molar-refractivity contribution in [2.75, 3.05) is 6.54 Å². The summed E-state index contributed by atoms with van der Waals surface area (Å²) in [6, 6.07) is 8.73. The molecule has 0 heterocycles. The SMILES string of the molecule is CCCCCC(NCCC)c1ccc(Cl)cc1. The van der Waals surface area contributed by atoms with Gasteiger partial charge < -0.3 is 5.32 Å². The maximum Gasteiger partial charge on any atom is 0.0406 e. The van der Waals surface area contributed by atoms with Crippen molar-refractivity contribution in [3.63, 3.8) is 0 Å². The lowest BCUT2D eigenvalue weighted by Gasteiger charge is -2.19. The largest absolute Gasteiger partial charge is 0.310 e. The first-order valence-corrected chi connectivity index (χ1v) is 7.14. The average molecular weight is 254 g/mol. The summed E-state index contributed by atoms with van der Waals surface area (Å²) in [5, 5.41) is 4.44. The van der Waals surface area contributed by atoms with E-state index >= 15 is 0 Å². The molecular weight excluding hydrogens is 230 g/mol. The van der Waals surface area contributed by atoms with Gasteiger partial charge in [-0.2, -0.15) is 0 Å². The number of unbranched alkanes of at least 4 members (excludes halogenated alkanes) is 2. The van der Waals surface area contributed by atoms with E-state index in [1.54, 1.807) is 0 Å². The minimum Gasteiger partial charge on any atom is -0.310 e. The molecular formula is C15H24ClN. The Labute approximate surface area is 111 Å². The topological polar surface area (TPSA) is 12.0 Å². The van der Waals surface area contributed by atoms with Gasteiger partial charge in [0, 0.05) is 11.1 Å². The van der Waals surface area contributed by atoms with Gasteiger partial charge in [-0.3, -0.25) is 0 Å². The summed E-state index contributed by atoms with van der Waals surface area (Å²) in [5.41, 5.74) is 1.36. The van der Waals surface area contributed by atoms with Crippen LogP contribution in [-0.2, 0) is 0 Å². The highest BCUT2D eigenvalue weighted by molar-refractivity contribution is 6.30. The molecule has 0 bridgehead atoms. The Morgan fingerprint density at radius 2 is 1.76 bits per heavy atom. The zero-order valence-corrected chi connectivity index (χ0v) is 11.8. The van der Waals surface area contributed by atoms with E-state index in [9.17, 15) is 0 Å². The van der Waals surface area contributed by atoms with Crippen LogP contribution >= 0.6 is 11.6 Å². The zero-order chi connectivity index (χ0) is 12.5. The van der Waals surface area contributed by atoms with Gasteiger partial charge in [0.05, 0.1) is 0 Å². The molecule has 0 spiro atoms. The fraction of sp³-hybridized carbons (Fsp3) is 0.600. The van der Waals surface area contributed by atoms with E-state index in [-0.39, 0.29) is 0 Å². The van der Waals surface area contributed by atoms with Crippen LogP contribution < -0.4 is 5.32 Å². The van der Waals surface area contributed by atoms with Crippen molar-refractivity contribution in [2.45, 2.75) is 52.0 Å². The molecule has 1 atom stereocenters. The summed E-state index contributed by atoms with van der Waals surface area (Å²) >= 11 is 5.93. The van der Waals surface area contributed by atoms with E-state index in [0.29, 0.717) is 6.04 Å². The van der Waals surface area contributed by atoms with Crippen LogP contribution in [0.4, 0.5) is 0 Å².